The van der Waals surface area contributed by atoms with Gasteiger partial charge < -0.3 is 20.1 Å². The molecule has 0 saturated carbocycles. The number of hydrogen-bond donors (Lipinski definition) is 2. The highest BCUT2D eigenvalue weighted by Crippen LogP contribution is 2.32. The minimum atomic E-state index is 0.0191. The van der Waals surface area contributed by atoms with Gasteiger partial charge in [-0.3, -0.25) is 4.79 Å². The van der Waals surface area contributed by atoms with E-state index in [2.05, 4.69) is 42.7 Å². The van der Waals surface area contributed by atoms with E-state index in [0.717, 1.165) is 35.7 Å². The molecule has 2 aromatic carbocycles. The van der Waals surface area contributed by atoms with E-state index in [1.807, 2.05) is 18.2 Å². The predicted molar refractivity (Wildman–Crippen MR) is 104 cm³/mol. The maximum absolute atomic E-state index is 12.4. The molecule has 1 amide bonds. The third kappa shape index (κ3) is 4.28. The molecule has 0 saturated heterocycles. The molecule has 1 aliphatic heterocycles. The lowest BCUT2D eigenvalue weighted by atomic mass is 10.0. The Balaban J connectivity index is 1.55. The zero-order valence-corrected chi connectivity index (χ0v) is 15.4. The molecule has 0 aliphatic carbocycles. The van der Waals surface area contributed by atoms with Crippen LogP contribution in [0.15, 0.2) is 36.4 Å². The van der Waals surface area contributed by atoms with Crippen molar-refractivity contribution in [3.8, 4) is 11.5 Å². The molecule has 5 nitrogen and oxygen atoms in total. The standard InChI is InChI=1S/C21H26N2O3/c1-3-15-6-5-7-16(4-2)21(15)23-20(24)10-11-22-17-8-9-18-19(14-17)26-13-12-25-18/h5-9,14,22H,3-4,10-13H2,1-2H3,(H,23,24). The summed E-state index contributed by atoms with van der Waals surface area (Å²) < 4.78 is 11.1. The van der Waals surface area contributed by atoms with Crippen molar-refractivity contribution in [2.75, 3.05) is 30.4 Å². The first-order valence-corrected chi connectivity index (χ1v) is 9.25. The van der Waals surface area contributed by atoms with Crippen LogP contribution in [0.5, 0.6) is 11.5 Å². The van der Waals surface area contributed by atoms with Gasteiger partial charge in [-0.15, -0.1) is 0 Å². The molecule has 5 heteroatoms. The Bertz CT molecular complexity index is 752. The fourth-order valence-electron chi connectivity index (χ4n) is 3.08. The zero-order chi connectivity index (χ0) is 18.4. The molecular weight excluding hydrogens is 328 g/mol. The van der Waals surface area contributed by atoms with Crippen LogP contribution >= 0.6 is 0 Å². The molecular formula is C21H26N2O3. The molecule has 1 aliphatic rings. The van der Waals surface area contributed by atoms with E-state index in [4.69, 9.17) is 9.47 Å². The average molecular weight is 354 g/mol. The van der Waals surface area contributed by atoms with Gasteiger partial charge in [-0.05, 0) is 36.1 Å². The lowest BCUT2D eigenvalue weighted by Crippen LogP contribution is -2.18. The number of para-hydroxylation sites is 1. The second-order valence-electron chi connectivity index (χ2n) is 6.24. The zero-order valence-electron chi connectivity index (χ0n) is 15.4. The van der Waals surface area contributed by atoms with Gasteiger partial charge in [0.15, 0.2) is 11.5 Å². The van der Waals surface area contributed by atoms with Crippen molar-refractivity contribution in [1.82, 2.24) is 0 Å². The van der Waals surface area contributed by atoms with Gasteiger partial charge in [0.05, 0.1) is 0 Å². The Labute approximate surface area is 154 Å². The van der Waals surface area contributed by atoms with Crippen LogP contribution in [0.1, 0.15) is 31.4 Å². The van der Waals surface area contributed by atoms with Crippen molar-refractivity contribution in [1.29, 1.82) is 0 Å². The largest absolute Gasteiger partial charge is 0.486 e. The first-order valence-electron chi connectivity index (χ1n) is 9.25. The van der Waals surface area contributed by atoms with E-state index in [1.165, 1.54) is 11.1 Å². The SMILES string of the molecule is CCc1cccc(CC)c1NC(=O)CCNc1ccc2c(c1)OCCO2. The highest BCUT2D eigenvalue weighted by atomic mass is 16.6. The van der Waals surface area contributed by atoms with Gasteiger partial charge in [-0.2, -0.15) is 0 Å². The number of amides is 1. The summed E-state index contributed by atoms with van der Waals surface area (Å²) >= 11 is 0. The molecule has 0 atom stereocenters. The quantitative estimate of drug-likeness (QED) is 0.788. The Morgan fingerprint density at radius 1 is 1.00 bits per heavy atom. The number of carbonyl (C=O) groups excluding carboxylic acids is 1. The number of aryl methyl sites for hydroxylation is 2. The van der Waals surface area contributed by atoms with Crippen LogP contribution in [-0.4, -0.2) is 25.7 Å². The molecule has 2 N–H and O–H groups in total. The number of ether oxygens (including phenoxy) is 2. The van der Waals surface area contributed by atoms with Crippen LogP contribution < -0.4 is 20.1 Å². The number of carbonyl (C=O) groups is 1. The number of hydrogen-bond acceptors (Lipinski definition) is 4. The van der Waals surface area contributed by atoms with Crippen LogP contribution in [0.2, 0.25) is 0 Å². The number of rotatable bonds is 7. The van der Waals surface area contributed by atoms with Gasteiger partial charge >= 0.3 is 0 Å². The van der Waals surface area contributed by atoms with Crippen LogP contribution in [0, 0.1) is 0 Å². The van der Waals surface area contributed by atoms with Crippen molar-refractivity contribution >= 4 is 17.3 Å². The first kappa shape index (κ1) is 18.1. The third-order valence-electron chi connectivity index (χ3n) is 4.49. The van der Waals surface area contributed by atoms with E-state index in [1.54, 1.807) is 0 Å². The van der Waals surface area contributed by atoms with Gasteiger partial charge in [0.1, 0.15) is 13.2 Å². The lowest BCUT2D eigenvalue weighted by molar-refractivity contribution is -0.115. The molecule has 0 aromatic heterocycles. The number of anilines is 2. The summed E-state index contributed by atoms with van der Waals surface area (Å²) in [5.74, 6) is 1.53. The predicted octanol–water partition coefficient (Wildman–Crippen LogP) is 4.02. The van der Waals surface area contributed by atoms with Crippen LogP contribution in [-0.2, 0) is 17.6 Å². The summed E-state index contributed by atoms with van der Waals surface area (Å²) in [5.41, 5.74) is 4.25. The Morgan fingerprint density at radius 3 is 2.38 bits per heavy atom. The highest BCUT2D eigenvalue weighted by Gasteiger charge is 2.12. The number of nitrogens with one attached hydrogen (secondary N) is 2. The Hall–Kier alpha value is -2.69. The van der Waals surface area contributed by atoms with Crippen molar-refractivity contribution in [2.24, 2.45) is 0 Å². The lowest BCUT2D eigenvalue weighted by Gasteiger charge is -2.19. The molecule has 138 valence electrons. The molecule has 0 fully saturated rings. The molecule has 0 spiro atoms. The van der Waals surface area contributed by atoms with Crippen molar-refractivity contribution in [3.63, 3.8) is 0 Å². The van der Waals surface area contributed by atoms with Crippen molar-refractivity contribution in [3.05, 3.63) is 47.5 Å². The molecule has 26 heavy (non-hydrogen) atoms. The molecule has 3 rings (SSSR count). The van der Waals surface area contributed by atoms with E-state index < -0.39 is 0 Å². The van der Waals surface area contributed by atoms with Crippen LogP contribution in [0.4, 0.5) is 11.4 Å². The summed E-state index contributed by atoms with van der Waals surface area (Å²) in [4.78, 5) is 12.4. The van der Waals surface area contributed by atoms with Gasteiger partial charge in [-0.25, -0.2) is 0 Å². The van der Waals surface area contributed by atoms with E-state index in [0.29, 0.717) is 26.2 Å². The van der Waals surface area contributed by atoms with E-state index in [-0.39, 0.29) is 5.91 Å². The Morgan fingerprint density at radius 2 is 1.69 bits per heavy atom. The number of fused-ring (bicyclic) bond motifs is 1. The minimum absolute atomic E-state index is 0.0191. The van der Waals surface area contributed by atoms with Gasteiger partial charge in [0.25, 0.3) is 0 Å². The van der Waals surface area contributed by atoms with Crippen molar-refractivity contribution in [2.45, 2.75) is 33.1 Å². The third-order valence-corrected chi connectivity index (χ3v) is 4.49. The maximum atomic E-state index is 12.4. The van der Waals surface area contributed by atoms with E-state index in [9.17, 15) is 4.79 Å². The topological polar surface area (TPSA) is 59.6 Å². The average Bonchev–Trinajstić information content (AvgIpc) is 2.68. The summed E-state index contributed by atoms with van der Waals surface area (Å²) in [6.45, 7) is 5.91. The van der Waals surface area contributed by atoms with E-state index >= 15 is 0 Å². The monoisotopic (exact) mass is 354 g/mol. The smallest absolute Gasteiger partial charge is 0.226 e. The molecule has 1 heterocycles. The minimum Gasteiger partial charge on any atom is -0.486 e. The fourth-order valence-corrected chi connectivity index (χ4v) is 3.08. The van der Waals surface area contributed by atoms with Gasteiger partial charge in [0.2, 0.25) is 5.91 Å². The normalized spacial score (nSPS) is 12.5. The molecule has 2 aromatic rings. The van der Waals surface area contributed by atoms with Gasteiger partial charge in [-0.1, -0.05) is 32.0 Å². The van der Waals surface area contributed by atoms with Gasteiger partial charge in [0, 0.05) is 30.4 Å². The maximum Gasteiger partial charge on any atom is 0.226 e. The van der Waals surface area contributed by atoms with Crippen LogP contribution in [0.3, 0.4) is 0 Å². The second-order valence-corrected chi connectivity index (χ2v) is 6.24. The first-order chi connectivity index (χ1) is 12.7. The fraction of sp³-hybridized carbons (Fsp3) is 0.381. The Kier molecular flexibility index (Phi) is 6.00. The molecule has 0 radical (unpaired) electrons. The highest BCUT2D eigenvalue weighted by molar-refractivity contribution is 5.92. The van der Waals surface area contributed by atoms with Crippen molar-refractivity contribution < 1.29 is 14.3 Å². The number of benzene rings is 2. The summed E-state index contributed by atoms with van der Waals surface area (Å²) in [5, 5.41) is 6.37. The summed E-state index contributed by atoms with van der Waals surface area (Å²) in [6.07, 6.45) is 2.20. The second kappa shape index (κ2) is 8.61. The molecule has 0 unspecified atom stereocenters. The van der Waals surface area contributed by atoms with Crippen LogP contribution in [0.25, 0.3) is 0 Å². The molecule has 0 bridgehead atoms. The summed E-state index contributed by atoms with van der Waals surface area (Å²) in [7, 11) is 0. The summed E-state index contributed by atoms with van der Waals surface area (Å²) in [6, 6.07) is 11.9.